The molecule has 1 aromatic heterocycles. The average molecular weight is 514 g/mol. The molecule has 30 heavy (non-hydrogen) atoms. The molecular formula is C22H23BrCl2N2O3. The Bertz CT molecular complexity index is 907. The second-order valence-electron chi connectivity index (χ2n) is 7.09. The van der Waals surface area contributed by atoms with Crippen LogP contribution >= 0.6 is 39.9 Å². The molecule has 8 heteroatoms. The molecule has 0 saturated carbocycles. The molecule has 1 fully saturated rings. The monoisotopic (exact) mass is 512 g/mol. The second-order valence-corrected chi connectivity index (χ2v) is 8.44. The van der Waals surface area contributed by atoms with E-state index in [0.29, 0.717) is 19.8 Å². The van der Waals surface area contributed by atoms with Crippen LogP contribution in [0.5, 0.6) is 5.75 Å². The lowest BCUT2D eigenvalue weighted by atomic mass is 10.0. The van der Waals surface area contributed by atoms with Gasteiger partial charge in [-0.2, -0.15) is 0 Å². The maximum absolute atomic E-state index is 6.38. The van der Waals surface area contributed by atoms with Crippen molar-refractivity contribution in [3.8, 4) is 5.75 Å². The van der Waals surface area contributed by atoms with Gasteiger partial charge >= 0.3 is 0 Å². The fourth-order valence-corrected chi connectivity index (χ4v) is 3.75. The van der Waals surface area contributed by atoms with Gasteiger partial charge in [-0.1, -0.05) is 39.7 Å². The number of imidazole rings is 1. The molecule has 5 nitrogen and oxygen atoms in total. The van der Waals surface area contributed by atoms with E-state index >= 15 is 0 Å². The zero-order valence-corrected chi connectivity index (χ0v) is 19.4. The lowest BCUT2D eigenvalue weighted by molar-refractivity contribution is -0.184. The van der Waals surface area contributed by atoms with Gasteiger partial charge in [-0.3, -0.25) is 0 Å². The van der Waals surface area contributed by atoms with Crippen LogP contribution in [0.1, 0.15) is 12.0 Å². The molecule has 4 rings (SSSR count). The SMILES string of the molecule is Cl.Clc1ccc(CCC2(Cn3ccnc3)OCC(COc3ccc(Br)cc3)O2)cc1. The van der Waals surface area contributed by atoms with Gasteiger partial charge in [0.25, 0.3) is 0 Å². The first-order valence-electron chi connectivity index (χ1n) is 9.51. The topological polar surface area (TPSA) is 45.5 Å². The molecule has 3 aromatic rings. The molecule has 2 unspecified atom stereocenters. The first kappa shape index (κ1) is 23.1. The quantitative estimate of drug-likeness (QED) is 0.396. The van der Waals surface area contributed by atoms with Crippen molar-refractivity contribution in [2.75, 3.05) is 13.2 Å². The van der Waals surface area contributed by atoms with Gasteiger partial charge in [0.15, 0.2) is 5.79 Å². The Hall–Kier alpha value is -1.57. The molecule has 0 amide bonds. The van der Waals surface area contributed by atoms with Gasteiger partial charge in [-0.15, -0.1) is 12.4 Å². The summed E-state index contributed by atoms with van der Waals surface area (Å²) in [6.45, 7) is 1.51. The summed E-state index contributed by atoms with van der Waals surface area (Å²) in [6, 6.07) is 15.7. The third-order valence-corrected chi connectivity index (χ3v) is 5.63. The summed E-state index contributed by atoms with van der Waals surface area (Å²) in [5.74, 6) is 0.0960. The molecule has 0 spiro atoms. The number of halogens is 3. The largest absolute Gasteiger partial charge is 0.491 e. The van der Waals surface area contributed by atoms with Crippen molar-refractivity contribution in [2.24, 2.45) is 0 Å². The number of nitrogens with zero attached hydrogens (tertiary/aromatic N) is 2. The maximum Gasteiger partial charge on any atom is 0.187 e. The summed E-state index contributed by atoms with van der Waals surface area (Å²) in [4.78, 5) is 4.13. The predicted octanol–water partition coefficient (Wildman–Crippen LogP) is 5.54. The van der Waals surface area contributed by atoms with Gasteiger partial charge in [0, 0.05) is 28.3 Å². The minimum absolute atomic E-state index is 0. The van der Waals surface area contributed by atoms with Gasteiger partial charge in [0.05, 0.1) is 19.5 Å². The summed E-state index contributed by atoms with van der Waals surface area (Å²) in [6.07, 6.45) is 6.88. The maximum atomic E-state index is 6.38. The Kier molecular flexibility index (Phi) is 8.20. The number of benzene rings is 2. The first-order chi connectivity index (χ1) is 14.1. The van der Waals surface area contributed by atoms with E-state index in [-0.39, 0.29) is 18.5 Å². The van der Waals surface area contributed by atoms with Crippen LogP contribution in [0, 0.1) is 0 Å². The highest BCUT2D eigenvalue weighted by Gasteiger charge is 2.42. The van der Waals surface area contributed by atoms with Crippen molar-refractivity contribution in [1.29, 1.82) is 0 Å². The lowest BCUT2D eigenvalue weighted by Crippen LogP contribution is -2.37. The van der Waals surface area contributed by atoms with Crippen molar-refractivity contribution in [1.82, 2.24) is 9.55 Å². The third kappa shape index (κ3) is 6.22. The molecule has 1 aliphatic rings. The van der Waals surface area contributed by atoms with Crippen molar-refractivity contribution < 1.29 is 14.2 Å². The zero-order chi connectivity index (χ0) is 20.1. The molecule has 2 aromatic carbocycles. The van der Waals surface area contributed by atoms with Crippen LogP contribution in [-0.4, -0.2) is 34.7 Å². The van der Waals surface area contributed by atoms with Crippen molar-refractivity contribution in [2.45, 2.75) is 31.3 Å². The van der Waals surface area contributed by atoms with E-state index < -0.39 is 5.79 Å². The summed E-state index contributed by atoms with van der Waals surface area (Å²) in [7, 11) is 0. The highest BCUT2D eigenvalue weighted by atomic mass is 79.9. The standard InChI is InChI=1S/C22H22BrClN2O3.ClH/c23-18-3-7-20(8-4-18)27-13-21-14-28-22(29-21,15-26-12-11-25-16-26)10-9-17-1-5-19(24)6-2-17;/h1-8,11-12,16,21H,9-10,13-15H2;1H. The van der Waals surface area contributed by atoms with Crippen molar-refractivity contribution in [3.05, 3.63) is 82.3 Å². The normalized spacial score (nSPS) is 20.7. The Balaban J connectivity index is 0.00000256. The molecule has 0 N–H and O–H groups in total. The van der Waals surface area contributed by atoms with Crippen LogP contribution in [0.4, 0.5) is 0 Å². The molecule has 160 valence electrons. The molecule has 0 radical (unpaired) electrons. The number of rotatable bonds is 8. The van der Waals surface area contributed by atoms with E-state index in [1.807, 2.05) is 59.3 Å². The van der Waals surface area contributed by atoms with Gasteiger partial charge in [0.2, 0.25) is 0 Å². The highest BCUT2D eigenvalue weighted by molar-refractivity contribution is 9.10. The van der Waals surface area contributed by atoms with E-state index in [4.69, 9.17) is 25.8 Å². The minimum Gasteiger partial charge on any atom is -0.491 e. The van der Waals surface area contributed by atoms with Crippen LogP contribution in [0.2, 0.25) is 5.02 Å². The van der Waals surface area contributed by atoms with Crippen LogP contribution in [-0.2, 0) is 22.4 Å². The number of ether oxygens (including phenoxy) is 3. The van der Waals surface area contributed by atoms with Gasteiger partial charge < -0.3 is 18.8 Å². The number of aromatic nitrogens is 2. The summed E-state index contributed by atoms with van der Waals surface area (Å²) in [5.41, 5.74) is 1.20. The number of hydrogen-bond acceptors (Lipinski definition) is 4. The molecule has 1 aliphatic heterocycles. The molecule has 2 atom stereocenters. The highest BCUT2D eigenvalue weighted by Crippen LogP contribution is 2.31. The summed E-state index contributed by atoms with van der Waals surface area (Å²) in [5, 5.41) is 0.736. The summed E-state index contributed by atoms with van der Waals surface area (Å²) >= 11 is 9.43. The van der Waals surface area contributed by atoms with Crippen molar-refractivity contribution in [3.63, 3.8) is 0 Å². The van der Waals surface area contributed by atoms with E-state index in [9.17, 15) is 0 Å². The van der Waals surface area contributed by atoms with Gasteiger partial charge in [0.1, 0.15) is 18.5 Å². The van der Waals surface area contributed by atoms with Gasteiger partial charge in [-0.05, 0) is 48.4 Å². The predicted molar refractivity (Wildman–Crippen MR) is 122 cm³/mol. The average Bonchev–Trinajstić information content (AvgIpc) is 3.38. The fraction of sp³-hybridized carbons (Fsp3) is 0.318. The first-order valence-corrected chi connectivity index (χ1v) is 10.7. The molecular weight excluding hydrogens is 491 g/mol. The van der Waals surface area contributed by atoms with E-state index in [0.717, 1.165) is 28.1 Å². The van der Waals surface area contributed by atoms with Crippen LogP contribution < -0.4 is 4.74 Å². The molecule has 0 bridgehead atoms. The van der Waals surface area contributed by atoms with E-state index in [1.165, 1.54) is 5.56 Å². The molecule has 2 heterocycles. The fourth-order valence-electron chi connectivity index (χ4n) is 3.36. The van der Waals surface area contributed by atoms with Crippen LogP contribution in [0.3, 0.4) is 0 Å². The molecule has 1 saturated heterocycles. The Morgan fingerprint density at radius 2 is 1.93 bits per heavy atom. The van der Waals surface area contributed by atoms with Crippen molar-refractivity contribution >= 4 is 39.9 Å². The third-order valence-electron chi connectivity index (χ3n) is 4.85. The summed E-state index contributed by atoms with van der Waals surface area (Å²) < 4.78 is 21.5. The number of hydrogen-bond donors (Lipinski definition) is 0. The van der Waals surface area contributed by atoms with Gasteiger partial charge in [-0.25, -0.2) is 4.98 Å². The minimum atomic E-state index is -0.714. The Labute approximate surface area is 195 Å². The second kappa shape index (κ2) is 10.6. The van der Waals surface area contributed by atoms with E-state index in [2.05, 4.69) is 20.9 Å². The molecule has 0 aliphatic carbocycles. The Morgan fingerprint density at radius 3 is 2.63 bits per heavy atom. The van der Waals surface area contributed by atoms with Crippen LogP contribution in [0.25, 0.3) is 0 Å². The lowest BCUT2D eigenvalue weighted by Gasteiger charge is -2.28. The van der Waals surface area contributed by atoms with E-state index in [1.54, 1.807) is 12.5 Å². The smallest absolute Gasteiger partial charge is 0.187 e. The van der Waals surface area contributed by atoms with Crippen LogP contribution in [0.15, 0.2) is 71.7 Å². The zero-order valence-electron chi connectivity index (χ0n) is 16.2. The Morgan fingerprint density at radius 1 is 1.17 bits per heavy atom. The number of aryl methyl sites for hydroxylation is 1.